The lowest BCUT2D eigenvalue weighted by molar-refractivity contribution is -0.126. The van der Waals surface area contributed by atoms with Gasteiger partial charge >= 0.3 is 0 Å². The number of carbonyl (C=O) groups is 1. The molecule has 2 aromatic carbocycles. The summed E-state index contributed by atoms with van der Waals surface area (Å²) in [5.41, 5.74) is 0.792. The quantitative estimate of drug-likeness (QED) is 0.819. The van der Waals surface area contributed by atoms with E-state index in [2.05, 4.69) is 4.40 Å². The molecular weight excluding hydrogens is 363 g/mol. The van der Waals surface area contributed by atoms with Crippen molar-refractivity contribution in [3.63, 3.8) is 0 Å². The Morgan fingerprint density at radius 3 is 2.36 bits per heavy atom. The van der Waals surface area contributed by atoms with Crippen LogP contribution in [0.5, 0.6) is 0 Å². The molecule has 0 aliphatic carbocycles. The Morgan fingerprint density at radius 1 is 1.12 bits per heavy atom. The fraction of sp³-hybridized carbons (Fsp3) is 0.176. The summed E-state index contributed by atoms with van der Waals surface area (Å²) in [7, 11) is -4.03. The number of amidine groups is 1. The lowest BCUT2D eigenvalue weighted by Crippen LogP contribution is -2.30. The van der Waals surface area contributed by atoms with E-state index in [9.17, 15) is 17.6 Å². The summed E-state index contributed by atoms with van der Waals surface area (Å²) < 4.78 is 41.7. The molecule has 0 aromatic heterocycles. The number of rotatable bonds is 4. The van der Waals surface area contributed by atoms with Crippen LogP contribution in [0.3, 0.4) is 0 Å². The molecule has 8 heteroatoms. The van der Waals surface area contributed by atoms with Gasteiger partial charge in [0.15, 0.2) is 5.17 Å². The molecule has 3 rings (SSSR count). The minimum Gasteiger partial charge on any atom is -0.290 e. The Balaban J connectivity index is 1.96. The van der Waals surface area contributed by atoms with Crippen molar-refractivity contribution in [3.8, 4) is 0 Å². The second-order valence-corrected chi connectivity index (χ2v) is 7.97. The van der Waals surface area contributed by atoms with Gasteiger partial charge < -0.3 is 0 Å². The van der Waals surface area contributed by atoms with Crippen LogP contribution in [0.15, 0.2) is 63.9 Å². The average molecular weight is 378 g/mol. The number of halogens is 1. The summed E-state index contributed by atoms with van der Waals surface area (Å²) in [6.07, 6.45) is 0. The van der Waals surface area contributed by atoms with E-state index in [1.165, 1.54) is 4.90 Å². The van der Waals surface area contributed by atoms with Crippen molar-refractivity contribution < 1.29 is 17.6 Å². The van der Waals surface area contributed by atoms with Gasteiger partial charge in [0.1, 0.15) is 11.1 Å². The highest BCUT2D eigenvalue weighted by Gasteiger charge is 2.39. The fourth-order valence-electron chi connectivity index (χ4n) is 2.42. The van der Waals surface area contributed by atoms with E-state index in [0.717, 1.165) is 41.6 Å². The number of carbonyl (C=O) groups excluding carboxylic acids is 1. The van der Waals surface area contributed by atoms with Crippen LogP contribution in [0.4, 0.5) is 4.39 Å². The van der Waals surface area contributed by atoms with Crippen LogP contribution in [-0.4, -0.2) is 30.9 Å². The van der Waals surface area contributed by atoms with Crippen LogP contribution in [0, 0.1) is 5.82 Å². The molecule has 25 heavy (non-hydrogen) atoms. The molecule has 0 spiro atoms. The molecule has 1 fully saturated rings. The molecule has 2 aromatic rings. The molecule has 1 aliphatic heterocycles. The van der Waals surface area contributed by atoms with Gasteiger partial charge in [-0.2, -0.15) is 8.42 Å². The third kappa shape index (κ3) is 3.59. The molecule has 130 valence electrons. The third-order valence-corrected chi connectivity index (χ3v) is 6.30. The van der Waals surface area contributed by atoms with Gasteiger partial charge in [-0.05, 0) is 36.8 Å². The molecular formula is C17H15FN2O3S2. The third-order valence-electron chi connectivity index (χ3n) is 3.67. The van der Waals surface area contributed by atoms with Gasteiger partial charge in [-0.1, -0.05) is 42.1 Å². The van der Waals surface area contributed by atoms with E-state index in [4.69, 9.17) is 0 Å². The maximum absolute atomic E-state index is 13.0. The van der Waals surface area contributed by atoms with Gasteiger partial charge in [-0.3, -0.25) is 9.69 Å². The van der Waals surface area contributed by atoms with E-state index < -0.39 is 21.1 Å². The minimum absolute atomic E-state index is 0.117. The summed E-state index contributed by atoms with van der Waals surface area (Å²) in [6, 6.07) is 13.6. The van der Waals surface area contributed by atoms with Crippen LogP contribution in [-0.2, 0) is 14.8 Å². The van der Waals surface area contributed by atoms with Crippen LogP contribution >= 0.6 is 11.8 Å². The van der Waals surface area contributed by atoms with Gasteiger partial charge in [0.05, 0.1) is 4.90 Å². The predicted molar refractivity (Wildman–Crippen MR) is 95.2 cm³/mol. The Hall–Kier alpha value is -2.19. The fourth-order valence-corrected chi connectivity index (χ4v) is 4.85. The molecule has 1 unspecified atom stereocenters. The molecule has 1 aliphatic rings. The average Bonchev–Trinajstić information content (AvgIpc) is 2.91. The molecule has 5 nitrogen and oxygen atoms in total. The van der Waals surface area contributed by atoms with Crippen molar-refractivity contribution in [2.45, 2.75) is 17.1 Å². The van der Waals surface area contributed by atoms with Gasteiger partial charge in [-0.25, -0.2) is 4.39 Å². The smallest absolute Gasteiger partial charge is 0.284 e. The van der Waals surface area contributed by atoms with Crippen LogP contribution < -0.4 is 0 Å². The van der Waals surface area contributed by atoms with Crippen LogP contribution in [0.25, 0.3) is 0 Å². The van der Waals surface area contributed by atoms with Crippen LogP contribution in [0.1, 0.15) is 17.7 Å². The van der Waals surface area contributed by atoms with Gasteiger partial charge in [0, 0.05) is 6.54 Å². The standard InChI is InChI=1S/C17H15FN2O3S2/c1-2-20-16(21)15(12-6-4-3-5-7-12)24-17(20)19-25(22,23)14-10-8-13(18)9-11-14/h3-11,15H,2H2,1H3/b19-17+. The zero-order valence-corrected chi connectivity index (χ0v) is 14.9. The molecule has 1 amide bonds. The first-order valence-corrected chi connectivity index (χ1v) is 9.88. The highest BCUT2D eigenvalue weighted by atomic mass is 32.2. The predicted octanol–water partition coefficient (Wildman–Crippen LogP) is 3.21. The number of hydrogen-bond acceptors (Lipinski definition) is 4. The highest BCUT2D eigenvalue weighted by molar-refractivity contribution is 8.15. The van der Waals surface area contributed by atoms with Crippen molar-refractivity contribution in [3.05, 3.63) is 66.0 Å². The van der Waals surface area contributed by atoms with Gasteiger partial charge in [-0.15, -0.1) is 4.40 Å². The number of benzene rings is 2. The van der Waals surface area contributed by atoms with Crippen molar-refractivity contribution in [2.24, 2.45) is 4.40 Å². The maximum Gasteiger partial charge on any atom is 0.284 e. The SMILES string of the molecule is CCN1C(=O)C(c2ccccc2)S/C1=N/S(=O)(=O)c1ccc(F)cc1. The Bertz CT molecular complexity index is 913. The van der Waals surface area contributed by atoms with E-state index >= 15 is 0 Å². The van der Waals surface area contributed by atoms with Crippen molar-refractivity contribution in [2.75, 3.05) is 6.54 Å². The maximum atomic E-state index is 13.0. The van der Waals surface area contributed by atoms with Crippen LogP contribution in [0.2, 0.25) is 0 Å². The number of nitrogens with zero attached hydrogens (tertiary/aromatic N) is 2. The zero-order valence-electron chi connectivity index (χ0n) is 13.3. The van der Waals surface area contributed by atoms with Crippen molar-refractivity contribution >= 4 is 32.9 Å². The number of hydrogen-bond donors (Lipinski definition) is 0. The van der Waals surface area contributed by atoms with E-state index in [-0.39, 0.29) is 16.0 Å². The second-order valence-electron chi connectivity index (χ2n) is 5.29. The lowest BCUT2D eigenvalue weighted by Gasteiger charge is -2.13. The summed E-state index contributed by atoms with van der Waals surface area (Å²) >= 11 is 1.10. The summed E-state index contributed by atoms with van der Waals surface area (Å²) in [5.74, 6) is -0.733. The van der Waals surface area contributed by atoms with E-state index in [1.54, 1.807) is 6.92 Å². The normalized spacial score (nSPS) is 19.6. The topological polar surface area (TPSA) is 66.8 Å². The minimum atomic E-state index is -4.03. The first-order valence-electron chi connectivity index (χ1n) is 7.56. The summed E-state index contributed by atoms with van der Waals surface area (Å²) in [4.78, 5) is 13.8. The lowest BCUT2D eigenvalue weighted by atomic mass is 10.1. The number of amides is 1. The Kier molecular flexibility index (Phi) is 4.91. The zero-order chi connectivity index (χ0) is 18.0. The Morgan fingerprint density at radius 2 is 1.76 bits per heavy atom. The molecule has 0 N–H and O–H groups in total. The van der Waals surface area contributed by atoms with Gasteiger partial charge in [0.25, 0.3) is 10.0 Å². The van der Waals surface area contributed by atoms with Crippen molar-refractivity contribution in [1.82, 2.24) is 4.90 Å². The van der Waals surface area contributed by atoms with Crippen molar-refractivity contribution in [1.29, 1.82) is 0 Å². The number of sulfonamides is 1. The first kappa shape index (κ1) is 17.6. The van der Waals surface area contributed by atoms with E-state index in [1.807, 2.05) is 30.3 Å². The Labute approximate surface area is 149 Å². The molecule has 0 bridgehead atoms. The molecule has 0 radical (unpaired) electrons. The summed E-state index contributed by atoms with van der Waals surface area (Å²) in [6.45, 7) is 2.07. The molecule has 1 saturated heterocycles. The monoisotopic (exact) mass is 378 g/mol. The second kappa shape index (κ2) is 6.97. The molecule has 1 atom stereocenters. The number of thioether (sulfide) groups is 1. The molecule has 0 saturated carbocycles. The van der Waals surface area contributed by atoms with E-state index in [0.29, 0.717) is 6.54 Å². The highest BCUT2D eigenvalue weighted by Crippen LogP contribution is 2.39. The molecule has 1 heterocycles. The van der Waals surface area contributed by atoms with Gasteiger partial charge in [0.2, 0.25) is 5.91 Å². The number of likely N-dealkylation sites (N-methyl/N-ethyl adjacent to an activating group) is 1. The largest absolute Gasteiger partial charge is 0.290 e. The first-order chi connectivity index (χ1) is 11.9. The summed E-state index contributed by atoms with van der Waals surface area (Å²) in [5, 5.41) is -0.394.